The van der Waals surface area contributed by atoms with E-state index in [4.69, 9.17) is 28.4 Å². The number of aliphatic hydroxyl groups excluding tert-OH is 1. The van der Waals surface area contributed by atoms with E-state index in [0.717, 1.165) is 25.7 Å². The van der Waals surface area contributed by atoms with Crippen LogP contribution in [0.15, 0.2) is 12.7 Å². The lowest BCUT2D eigenvalue weighted by molar-refractivity contribution is -0.142. The van der Waals surface area contributed by atoms with Crippen molar-refractivity contribution in [3.05, 3.63) is 12.7 Å². The molecule has 0 radical (unpaired) electrons. The van der Waals surface area contributed by atoms with Crippen molar-refractivity contribution in [2.75, 3.05) is 59.5 Å². The van der Waals surface area contributed by atoms with E-state index >= 15 is 0 Å². The van der Waals surface area contributed by atoms with E-state index in [9.17, 15) is 9.90 Å². The number of ether oxygens (including phenoxy) is 6. The molecule has 26 heavy (non-hydrogen) atoms. The molecule has 0 aromatic rings. The molecule has 0 bridgehead atoms. The number of rotatable bonds is 16. The second-order valence-electron chi connectivity index (χ2n) is 6.80. The Morgan fingerprint density at radius 3 is 2.15 bits per heavy atom. The summed E-state index contributed by atoms with van der Waals surface area (Å²) in [4.78, 5) is 11.0. The molecule has 2 aliphatic rings. The predicted molar refractivity (Wildman–Crippen MR) is 91.8 cm³/mol. The first-order valence-corrected chi connectivity index (χ1v) is 9.00. The zero-order valence-corrected chi connectivity index (χ0v) is 15.4. The highest BCUT2D eigenvalue weighted by Crippen LogP contribution is 2.25. The van der Waals surface area contributed by atoms with E-state index in [-0.39, 0.29) is 30.8 Å². The number of carbonyl (C=O) groups excluding carboxylic acids is 1. The lowest BCUT2D eigenvalue weighted by Crippen LogP contribution is -2.39. The largest absolute Gasteiger partial charge is 0.460 e. The van der Waals surface area contributed by atoms with Gasteiger partial charge in [0.1, 0.15) is 24.9 Å². The van der Waals surface area contributed by atoms with E-state index < -0.39 is 12.1 Å². The molecule has 2 aliphatic heterocycles. The van der Waals surface area contributed by atoms with E-state index in [2.05, 4.69) is 13.5 Å². The SMILES string of the molecule is C=CC(=O)OCC(O)COCC(CC)(COCC1CO1)COCC1CO1. The smallest absolute Gasteiger partial charge is 0.330 e. The Bertz CT molecular complexity index is 415. The van der Waals surface area contributed by atoms with Crippen LogP contribution in [-0.4, -0.2) is 88.8 Å². The van der Waals surface area contributed by atoms with Crippen molar-refractivity contribution in [2.45, 2.75) is 31.7 Å². The van der Waals surface area contributed by atoms with E-state index in [1.165, 1.54) is 0 Å². The van der Waals surface area contributed by atoms with Crippen LogP contribution < -0.4 is 0 Å². The minimum Gasteiger partial charge on any atom is -0.460 e. The number of carbonyl (C=O) groups is 1. The minimum atomic E-state index is -0.893. The molecule has 8 heteroatoms. The van der Waals surface area contributed by atoms with Crippen LogP contribution in [0.25, 0.3) is 0 Å². The maximum absolute atomic E-state index is 11.0. The van der Waals surface area contributed by atoms with Crippen molar-refractivity contribution in [3.63, 3.8) is 0 Å². The van der Waals surface area contributed by atoms with Gasteiger partial charge in [-0.15, -0.1) is 0 Å². The Balaban J connectivity index is 1.72. The highest BCUT2D eigenvalue weighted by Gasteiger charge is 2.33. The molecule has 1 N–H and O–H groups in total. The molecule has 2 saturated heterocycles. The first-order chi connectivity index (χ1) is 12.6. The number of epoxide rings is 2. The molecule has 0 aliphatic carbocycles. The highest BCUT2D eigenvalue weighted by atomic mass is 16.6. The molecule has 0 spiro atoms. The van der Waals surface area contributed by atoms with Crippen molar-refractivity contribution in [3.8, 4) is 0 Å². The molecule has 2 heterocycles. The van der Waals surface area contributed by atoms with Crippen LogP contribution in [0.2, 0.25) is 0 Å². The number of hydrogen-bond acceptors (Lipinski definition) is 8. The zero-order chi connectivity index (χ0) is 18.8. The van der Waals surface area contributed by atoms with Gasteiger partial charge in [0.2, 0.25) is 0 Å². The second-order valence-corrected chi connectivity index (χ2v) is 6.80. The summed E-state index contributed by atoms with van der Waals surface area (Å²) in [6, 6.07) is 0. The summed E-state index contributed by atoms with van der Waals surface area (Å²) in [5.41, 5.74) is -0.318. The maximum Gasteiger partial charge on any atom is 0.330 e. The normalized spacial score (nSPS) is 24.5. The van der Waals surface area contributed by atoms with Crippen molar-refractivity contribution in [1.82, 2.24) is 0 Å². The number of hydrogen-bond donors (Lipinski definition) is 1. The molecular weight excluding hydrogens is 344 g/mol. The van der Waals surface area contributed by atoms with Gasteiger partial charge in [0.15, 0.2) is 0 Å². The lowest BCUT2D eigenvalue weighted by atomic mass is 9.88. The summed E-state index contributed by atoms with van der Waals surface area (Å²) in [5, 5.41) is 9.85. The minimum absolute atomic E-state index is 0.0592. The highest BCUT2D eigenvalue weighted by molar-refractivity contribution is 5.81. The van der Waals surface area contributed by atoms with Gasteiger partial charge in [0.25, 0.3) is 0 Å². The third kappa shape index (κ3) is 8.57. The van der Waals surface area contributed by atoms with Crippen LogP contribution >= 0.6 is 0 Å². The summed E-state index contributed by atoms with van der Waals surface area (Å²) in [7, 11) is 0. The van der Waals surface area contributed by atoms with Gasteiger partial charge in [0, 0.05) is 11.5 Å². The molecule has 3 unspecified atom stereocenters. The van der Waals surface area contributed by atoms with Gasteiger partial charge in [-0.2, -0.15) is 0 Å². The Kier molecular flexibility index (Phi) is 8.97. The van der Waals surface area contributed by atoms with Gasteiger partial charge in [-0.05, 0) is 6.42 Å². The van der Waals surface area contributed by atoms with Crippen LogP contribution in [0.1, 0.15) is 13.3 Å². The first-order valence-electron chi connectivity index (χ1n) is 9.00. The molecule has 3 atom stereocenters. The van der Waals surface area contributed by atoms with Crippen molar-refractivity contribution in [1.29, 1.82) is 0 Å². The lowest BCUT2D eigenvalue weighted by Gasteiger charge is -2.32. The molecular formula is C18H30O8. The number of aliphatic hydroxyl groups is 1. The zero-order valence-electron chi connectivity index (χ0n) is 15.4. The van der Waals surface area contributed by atoms with E-state index in [0.29, 0.717) is 33.0 Å². The quantitative estimate of drug-likeness (QED) is 0.234. The van der Waals surface area contributed by atoms with Crippen LogP contribution in [0.3, 0.4) is 0 Å². The monoisotopic (exact) mass is 374 g/mol. The third-order valence-electron chi connectivity index (χ3n) is 4.28. The molecule has 0 saturated carbocycles. The molecule has 0 aromatic carbocycles. The maximum atomic E-state index is 11.0. The molecule has 8 nitrogen and oxygen atoms in total. The van der Waals surface area contributed by atoms with Crippen LogP contribution in [0, 0.1) is 5.41 Å². The number of esters is 1. The van der Waals surface area contributed by atoms with Crippen molar-refractivity contribution >= 4 is 5.97 Å². The molecule has 0 amide bonds. The standard InChI is InChI=1S/C18H30O8/c1-3-17(20)26-6-14(19)5-21-11-18(4-2,12-22-7-15-9-24-15)13-23-8-16-10-25-16/h3,14-16,19H,1,4-13H2,2H3. The van der Waals surface area contributed by atoms with Crippen LogP contribution in [0.5, 0.6) is 0 Å². The summed E-state index contributed by atoms with van der Waals surface area (Å²) in [5.74, 6) is -0.571. The van der Waals surface area contributed by atoms with Gasteiger partial charge < -0.3 is 33.5 Å². The Morgan fingerprint density at radius 2 is 1.69 bits per heavy atom. The van der Waals surface area contributed by atoms with Gasteiger partial charge in [-0.3, -0.25) is 0 Å². The van der Waals surface area contributed by atoms with Crippen molar-refractivity contribution in [2.24, 2.45) is 5.41 Å². The Hall–Kier alpha value is -1.03. The van der Waals surface area contributed by atoms with E-state index in [1.54, 1.807) is 0 Å². The average molecular weight is 374 g/mol. The fourth-order valence-corrected chi connectivity index (χ4v) is 2.27. The van der Waals surface area contributed by atoms with Gasteiger partial charge in [-0.25, -0.2) is 4.79 Å². The van der Waals surface area contributed by atoms with Gasteiger partial charge in [-0.1, -0.05) is 13.5 Å². The topological polar surface area (TPSA) is 99.3 Å². The second kappa shape index (κ2) is 11.0. The summed E-state index contributed by atoms with van der Waals surface area (Å²) < 4.78 is 32.3. The predicted octanol–water partition coefficient (Wildman–Crippen LogP) is 0.320. The summed E-state index contributed by atoms with van der Waals surface area (Å²) in [6.45, 7) is 9.25. The van der Waals surface area contributed by atoms with Gasteiger partial charge >= 0.3 is 5.97 Å². The fourth-order valence-electron chi connectivity index (χ4n) is 2.27. The molecule has 2 rings (SSSR count). The van der Waals surface area contributed by atoms with Crippen LogP contribution in [0.4, 0.5) is 0 Å². The van der Waals surface area contributed by atoms with Crippen LogP contribution in [-0.2, 0) is 33.2 Å². The first kappa shape index (κ1) is 21.3. The molecule has 2 fully saturated rings. The van der Waals surface area contributed by atoms with E-state index in [1.807, 2.05) is 0 Å². The van der Waals surface area contributed by atoms with Gasteiger partial charge in [0.05, 0.1) is 52.9 Å². The Labute approximate surface area is 154 Å². The summed E-state index contributed by atoms with van der Waals surface area (Å²) >= 11 is 0. The van der Waals surface area contributed by atoms with Crippen molar-refractivity contribution < 1.29 is 38.3 Å². The molecule has 150 valence electrons. The Morgan fingerprint density at radius 1 is 1.15 bits per heavy atom. The average Bonchev–Trinajstić information content (AvgIpc) is 3.54. The molecule has 0 aromatic heterocycles. The summed E-state index contributed by atoms with van der Waals surface area (Å²) in [6.07, 6.45) is 1.36. The fraction of sp³-hybridized carbons (Fsp3) is 0.833. The third-order valence-corrected chi connectivity index (χ3v) is 4.28.